The first kappa shape index (κ1) is 21.4. The Bertz CT molecular complexity index is 884. The van der Waals surface area contributed by atoms with E-state index in [1.807, 2.05) is 24.3 Å². The van der Waals surface area contributed by atoms with Crippen LogP contribution in [0.25, 0.3) is 11.1 Å². The summed E-state index contributed by atoms with van der Waals surface area (Å²) in [4.78, 5) is 17.9. The number of carbonyl (C=O) groups excluding carboxylic acids is 1. The summed E-state index contributed by atoms with van der Waals surface area (Å²) in [6, 6.07) is 16.2. The van der Waals surface area contributed by atoms with Gasteiger partial charge >= 0.3 is 0 Å². The molecule has 1 unspecified atom stereocenters. The molecule has 154 valence electrons. The van der Waals surface area contributed by atoms with Gasteiger partial charge in [-0.25, -0.2) is 4.99 Å². The van der Waals surface area contributed by atoms with Gasteiger partial charge in [0.2, 0.25) is 6.41 Å². The second kappa shape index (κ2) is 9.00. The van der Waals surface area contributed by atoms with Crippen molar-refractivity contribution < 1.29 is 4.79 Å². The minimum atomic E-state index is -0.0359. The summed E-state index contributed by atoms with van der Waals surface area (Å²) in [6.45, 7) is 7.02. The Morgan fingerprint density at radius 3 is 2.45 bits per heavy atom. The first-order chi connectivity index (χ1) is 13.8. The summed E-state index contributed by atoms with van der Waals surface area (Å²) in [5.41, 5.74) is 9.68. The van der Waals surface area contributed by atoms with Crippen molar-refractivity contribution in [1.29, 1.82) is 0 Å². The van der Waals surface area contributed by atoms with Crippen molar-refractivity contribution in [1.82, 2.24) is 4.90 Å². The topological polar surface area (TPSA) is 58.7 Å². The fourth-order valence-electron chi connectivity index (χ4n) is 3.33. The van der Waals surface area contributed by atoms with Crippen molar-refractivity contribution >= 4 is 24.0 Å². The number of nitrogens with zero attached hydrogens (tertiary/aromatic N) is 2. The minimum absolute atomic E-state index is 0.0359. The van der Waals surface area contributed by atoms with E-state index in [2.05, 4.69) is 45.0 Å². The van der Waals surface area contributed by atoms with Crippen molar-refractivity contribution in [2.45, 2.75) is 46.1 Å². The summed E-state index contributed by atoms with van der Waals surface area (Å²) in [6.07, 6.45) is 3.91. The zero-order valence-electron chi connectivity index (χ0n) is 17.4. The molecule has 1 fully saturated rings. The molecule has 1 aliphatic rings. The van der Waals surface area contributed by atoms with E-state index in [1.165, 1.54) is 4.90 Å². The lowest BCUT2D eigenvalue weighted by atomic mass is 9.92. The van der Waals surface area contributed by atoms with Gasteiger partial charge in [0.15, 0.2) is 5.96 Å². The Morgan fingerprint density at radius 1 is 1.21 bits per heavy atom. The molecule has 1 saturated carbocycles. The fraction of sp³-hybridized carbons (Fsp3) is 0.417. The molecule has 0 saturated heterocycles. The summed E-state index contributed by atoms with van der Waals surface area (Å²) in [7, 11) is 0. The van der Waals surface area contributed by atoms with Crippen LogP contribution in [-0.2, 0) is 4.79 Å². The molecule has 1 aliphatic carbocycles. The molecule has 2 N–H and O–H groups in total. The third kappa shape index (κ3) is 6.07. The van der Waals surface area contributed by atoms with Gasteiger partial charge in [-0.05, 0) is 65.5 Å². The number of benzene rings is 2. The highest BCUT2D eigenvalue weighted by atomic mass is 35.5. The van der Waals surface area contributed by atoms with Crippen LogP contribution < -0.4 is 5.73 Å². The zero-order chi connectivity index (χ0) is 21.0. The zero-order valence-corrected chi connectivity index (χ0v) is 18.2. The van der Waals surface area contributed by atoms with Crippen LogP contribution >= 0.6 is 11.6 Å². The Labute approximate surface area is 178 Å². The van der Waals surface area contributed by atoms with Crippen LogP contribution in [0, 0.1) is 11.3 Å². The van der Waals surface area contributed by atoms with Crippen molar-refractivity contribution in [3.05, 3.63) is 59.1 Å². The minimum Gasteiger partial charge on any atom is -0.369 e. The number of guanidine groups is 1. The third-order valence-corrected chi connectivity index (χ3v) is 5.49. The number of hydrogen-bond acceptors (Lipinski definition) is 2. The predicted octanol–water partition coefficient (Wildman–Crippen LogP) is 5.67. The quantitative estimate of drug-likeness (QED) is 0.362. The summed E-state index contributed by atoms with van der Waals surface area (Å²) < 4.78 is 0. The van der Waals surface area contributed by atoms with Gasteiger partial charge in [-0.1, -0.05) is 62.7 Å². The molecule has 0 heterocycles. The van der Waals surface area contributed by atoms with Gasteiger partial charge < -0.3 is 5.73 Å². The molecule has 0 bridgehead atoms. The second-order valence-electron chi connectivity index (χ2n) is 9.01. The number of rotatable bonds is 7. The number of carbonyl (C=O) groups is 1. The van der Waals surface area contributed by atoms with Gasteiger partial charge in [0.25, 0.3) is 0 Å². The smallest absolute Gasteiger partial charge is 0.216 e. The molecule has 1 atom stereocenters. The van der Waals surface area contributed by atoms with E-state index in [0.29, 0.717) is 18.4 Å². The lowest BCUT2D eigenvalue weighted by Crippen LogP contribution is -2.38. The second-order valence-corrected chi connectivity index (χ2v) is 9.45. The largest absolute Gasteiger partial charge is 0.369 e. The molecule has 0 aliphatic heterocycles. The SMILES string of the molecule is CC(C)(C)CCN(C=O)C(N)=NC(c1cccc(-c2cccc(Cl)c2)c1)C1CC1. The van der Waals surface area contributed by atoms with Crippen molar-refractivity contribution in [3.63, 3.8) is 0 Å². The molecule has 5 heteroatoms. The number of hydrogen-bond donors (Lipinski definition) is 1. The first-order valence-electron chi connectivity index (χ1n) is 10.2. The molecular formula is C24H30ClN3O. The van der Waals surface area contributed by atoms with E-state index in [0.717, 1.165) is 47.4 Å². The van der Waals surface area contributed by atoms with Gasteiger partial charge in [-0.15, -0.1) is 0 Å². The molecule has 0 aromatic heterocycles. The Hall–Kier alpha value is -2.33. The lowest BCUT2D eigenvalue weighted by Gasteiger charge is -2.24. The van der Waals surface area contributed by atoms with Crippen LogP contribution in [0.3, 0.4) is 0 Å². The van der Waals surface area contributed by atoms with Gasteiger partial charge in [0.1, 0.15) is 0 Å². The number of aliphatic imine (C=N–C) groups is 1. The normalized spacial score (nSPS) is 15.8. The van der Waals surface area contributed by atoms with E-state index in [-0.39, 0.29) is 11.5 Å². The number of nitrogens with two attached hydrogens (primary N) is 1. The monoisotopic (exact) mass is 411 g/mol. The number of amides is 1. The van der Waals surface area contributed by atoms with E-state index >= 15 is 0 Å². The van der Waals surface area contributed by atoms with E-state index in [1.54, 1.807) is 0 Å². The maximum absolute atomic E-state index is 11.6. The van der Waals surface area contributed by atoms with Gasteiger partial charge in [0, 0.05) is 11.6 Å². The average Bonchev–Trinajstić information content (AvgIpc) is 3.51. The summed E-state index contributed by atoms with van der Waals surface area (Å²) >= 11 is 6.16. The Balaban J connectivity index is 1.85. The van der Waals surface area contributed by atoms with Crippen LogP contribution in [0.15, 0.2) is 53.5 Å². The molecule has 4 nitrogen and oxygen atoms in total. The Morgan fingerprint density at radius 2 is 1.86 bits per heavy atom. The van der Waals surface area contributed by atoms with Crippen LogP contribution in [0.1, 0.15) is 51.6 Å². The Kier molecular flexibility index (Phi) is 6.63. The predicted molar refractivity (Wildman–Crippen MR) is 121 cm³/mol. The van der Waals surface area contributed by atoms with Crippen LogP contribution in [0.5, 0.6) is 0 Å². The fourth-order valence-corrected chi connectivity index (χ4v) is 3.52. The highest BCUT2D eigenvalue weighted by molar-refractivity contribution is 6.30. The van der Waals surface area contributed by atoms with Crippen LogP contribution in [-0.4, -0.2) is 23.8 Å². The molecule has 2 aromatic rings. The molecule has 3 rings (SSSR count). The highest BCUT2D eigenvalue weighted by Gasteiger charge is 2.33. The highest BCUT2D eigenvalue weighted by Crippen LogP contribution is 2.44. The maximum atomic E-state index is 11.6. The molecule has 1 amide bonds. The first-order valence-corrected chi connectivity index (χ1v) is 10.6. The van der Waals surface area contributed by atoms with E-state index in [4.69, 9.17) is 22.3 Å². The van der Waals surface area contributed by atoms with Crippen molar-refractivity contribution in [2.75, 3.05) is 6.54 Å². The number of halogens is 1. The standard InChI is InChI=1S/C24H30ClN3O/c1-24(2,3)12-13-28(16-29)23(26)27-22(17-10-11-17)20-8-4-6-18(14-20)19-7-5-9-21(25)15-19/h4-9,14-17,22H,10-13H2,1-3H3,(H2,26,27). The van der Waals surface area contributed by atoms with E-state index in [9.17, 15) is 4.79 Å². The third-order valence-electron chi connectivity index (χ3n) is 5.25. The van der Waals surface area contributed by atoms with Crippen LogP contribution in [0.2, 0.25) is 5.02 Å². The van der Waals surface area contributed by atoms with E-state index < -0.39 is 0 Å². The summed E-state index contributed by atoms with van der Waals surface area (Å²) in [5, 5.41) is 0.717. The van der Waals surface area contributed by atoms with Crippen molar-refractivity contribution in [2.24, 2.45) is 22.1 Å². The lowest BCUT2D eigenvalue weighted by molar-refractivity contribution is -0.115. The molecule has 29 heavy (non-hydrogen) atoms. The van der Waals surface area contributed by atoms with Crippen LogP contribution in [0.4, 0.5) is 0 Å². The molecule has 0 radical (unpaired) electrons. The average molecular weight is 412 g/mol. The van der Waals surface area contributed by atoms with Gasteiger partial charge in [0.05, 0.1) is 6.04 Å². The molecule has 2 aromatic carbocycles. The maximum Gasteiger partial charge on any atom is 0.216 e. The van der Waals surface area contributed by atoms with Gasteiger partial charge in [-0.3, -0.25) is 9.69 Å². The van der Waals surface area contributed by atoms with Crippen molar-refractivity contribution in [3.8, 4) is 11.1 Å². The molecule has 0 spiro atoms. The summed E-state index contributed by atoms with van der Waals surface area (Å²) in [5.74, 6) is 0.772. The van der Waals surface area contributed by atoms with Gasteiger partial charge in [-0.2, -0.15) is 0 Å². The molecular weight excluding hydrogens is 382 g/mol.